The van der Waals surface area contributed by atoms with Crippen LogP contribution in [0.3, 0.4) is 0 Å². The van der Waals surface area contributed by atoms with Crippen molar-refractivity contribution >= 4 is 0 Å². The van der Waals surface area contributed by atoms with Crippen LogP contribution in [0.1, 0.15) is 13.8 Å². The molecule has 3 rings (SSSR count). The molecule has 0 bridgehead atoms. The molecule has 0 N–H and O–H groups in total. The summed E-state index contributed by atoms with van der Waals surface area (Å²) in [6.07, 6.45) is 0. The Morgan fingerprint density at radius 2 is 1.45 bits per heavy atom. The third-order valence-electron chi connectivity index (χ3n) is 3.36. The third-order valence-corrected chi connectivity index (χ3v) is 3.36. The van der Waals surface area contributed by atoms with Crippen LogP contribution < -0.4 is 4.74 Å². The highest BCUT2D eigenvalue weighted by molar-refractivity contribution is 5.71. The molecule has 112 valence electrons. The van der Waals surface area contributed by atoms with Crippen molar-refractivity contribution in [2.75, 3.05) is 6.61 Å². The number of benzene rings is 2. The average Bonchev–Trinajstić information content (AvgIpc) is 2.99. The maximum atomic E-state index is 6.09. The fraction of sp³-hybridized carbons (Fsp3) is 0.200. The molecule has 0 aliphatic carbocycles. The van der Waals surface area contributed by atoms with E-state index in [1.54, 1.807) is 0 Å². The number of furan rings is 1. The van der Waals surface area contributed by atoms with Crippen LogP contribution in [0.25, 0.3) is 22.6 Å². The average molecular weight is 292 g/mol. The zero-order chi connectivity index (χ0) is 15.4. The first-order chi connectivity index (χ1) is 10.7. The Morgan fingerprint density at radius 3 is 2.05 bits per heavy atom. The van der Waals surface area contributed by atoms with E-state index in [4.69, 9.17) is 9.15 Å². The van der Waals surface area contributed by atoms with Crippen LogP contribution in [0.2, 0.25) is 0 Å². The molecule has 0 radical (unpaired) electrons. The molecule has 3 aromatic rings. The highest BCUT2D eigenvalue weighted by Crippen LogP contribution is 2.37. The summed E-state index contributed by atoms with van der Waals surface area (Å²) in [6.45, 7) is 4.95. The normalized spacial score (nSPS) is 10.9. The molecule has 1 aromatic heterocycles. The van der Waals surface area contributed by atoms with Crippen molar-refractivity contribution in [1.82, 2.24) is 0 Å². The first-order valence-corrected chi connectivity index (χ1v) is 7.61. The van der Waals surface area contributed by atoms with Gasteiger partial charge in [-0.1, -0.05) is 74.5 Å². The van der Waals surface area contributed by atoms with Gasteiger partial charge in [0.2, 0.25) is 0 Å². The highest BCUT2D eigenvalue weighted by Gasteiger charge is 2.16. The van der Waals surface area contributed by atoms with Crippen LogP contribution in [0.5, 0.6) is 5.75 Å². The minimum Gasteiger partial charge on any atom is -0.489 e. The molecule has 0 saturated heterocycles. The number of hydrogen-bond donors (Lipinski definition) is 0. The van der Waals surface area contributed by atoms with Gasteiger partial charge in [-0.25, -0.2) is 0 Å². The Kier molecular flexibility index (Phi) is 4.29. The zero-order valence-electron chi connectivity index (χ0n) is 13.0. The van der Waals surface area contributed by atoms with E-state index in [2.05, 4.69) is 13.8 Å². The molecule has 2 aromatic carbocycles. The molecule has 0 spiro atoms. The maximum Gasteiger partial charge on any atom is 0.176 e. The number of ether oxygens (including phenoxy) is 1. The van der Waals surface area contributed by atoms with Crippen LogP contribution in [0.4, 0.5) is 0 Å². The standard InChI is InChI=1S/C20H20O2/c1-15(2)14-21-19-13-18(16-9-5-3-6-10-16)22-20(19)17-11-7-4-8-12-17/h3-13,15H,14H2,1-2H3. The van der Waals surface area contributed by atoms with E-state index >= 15 is 0 Å². The Hall–Kier alpha value is -2.48. The van der Waals surface area contributed by atoms with Crippen molar-refractivity contribution in [3.63, 3.8) is 0 Å². The molecule has 2 heteroatoms. The molecule has 0 aliphatic rings. The molecular formula is C20H20O2. The minimum atomic E-state index is 0.471. The van der Waals surface area contributed by atoms with Gasteiger partial charge in [0, 0.05) is 17.2 Å². The van der Waals surface area contributed by atoms with E-state index < -0.39 is 0 Å². The van der Waals surface area contributed by atoms with Crippen LogP contribution in [0, 0.1) is 5.92 Å². The predicted molar refractivity (Wildman–Crippen MR) is 89.9 cm³/mol. The lowest BCUT2D eigenvalue weighted by Crippen LogP contribution is -2.04. The smallest absolute Gasteiger partial charge is 0.176 e. The highest BCUT2D eigenvalue weighted by atomic mass is 16.5. The summed E-state index contributed by atoms with van der Waals surface area (Å²) in [5.74, 6) is 2.90. The second-order valence-corrected chi connectivity index (χ2v) is 5.74. The van der Waals surface area contributed by atoms with Gasteiger partial charge in [0.15, 0.2) is 11.5 Å². The van der Waals surface area contributed by atoms with Crippen LogP contribution in [-0.2, 0) is 0 Å². The number of rotatable bonds is 5. The largest absolute Gasteiger partial charge is 0.489 e. The second-order valence-electron chi connectivity index (χ2n) is 5.74. The van der Waals surface area contributed by atoms with Crippen LogP contribution in [-0.4, -0.2) is 6.61 Å². The quantitative estimate of drug-likeness (QED) is 0.606. The van der Waals surface area contributed by atoms with E-state index in [-0.39, 0.29) is 0 Å². The summed E-state index contributed by atoms with van der Waals surface area (Å²) in [6, 6.07) is 22.2. The Labute approximate surface area is 131 Å². The van der Waals surface area contributed by atoms with Gasteiger partial charge in [-0.2, -0.15) is 0 Å². The lowest BCUT2D eigenvalue weighted by atomic mass is 10.1. The lowest BCUT2D eigenvalue weighted by Gasteiger charge is -2.08. The Morgan fingerprint density at radius 1 is 0.864 bits per heavy atom. The van der Waals surface area contributed by atoms with E-state index in [1.165, 1.54) is 0 Å². The van der Waals surface area contributed by atoms with Crippen molar-refractivity contribution < 1.29 is 9.15 Å². The van der Waals surface area contributed by atoms with Gasteiger partial charge in [-0.05, 0) is 5.92 Å². The molecule has 22 heavy (non-hydrogen) atoms. The lowest BCUT2D eigenvalue weighted by molar-refractivity contribution is 0.270. The van der Waals surface area contributed by atoms with E-state index in [0.717, 1.165) is 28.4 Å². The SMILES string of the molecule is CC(C)COc1cc(-c2ccccc2)oc1-c1ccccc1. The van der Waals surface area contributed by atoms with Crippen molar-refractivity contribution in [2.45, 2.75) is 13.8 Å². The molecule has 0 aliphatic heterocycles. The summed E-state index contributed by atoms with van der Waals surface area (Å²) < 4.78 is 12.1. The molecule has 0 unspecified atom stereocenters. The van der Waals surface area contributed by atoms with Gasteiger partial charge >= 0.3 is 0 Å². The topological polar surface area (TPSA) is 22.4 Å². The van der Waals surface area contributed by atoms with Crippen molar-refractivity contribution in [2.24, 2.45) is 5.92 Å². The molecule has 0 saturated carbocycles. The Bertz CT molecular complexity index is 712. The van der Waals surface area contributed by atoms with E-state index in [1.807, 2.05) is 66.7 Å². The van der Waals surface area contributed by atoms with Gasteiger partial charge in [0.25, 0.3) is 0 Å². The summed E-state index contributed by atoms with van der Waals surface area (Å²) in [5, 5.41) is 0. The fourth-order valence-corrected chi connectivity index (χ4v) is 2.27. The zero-order valence-corrected chi connectivity index (χ0v) is 13.0. The summed E-state index contributed by atoms with van der Waals surface area (Å²) in [5.41, 5.74) is 2.09. The maximum absolute atomic E-state index is 6.09. The Balaban J connectivity index is 2.01. The first-order valence-electron chi connectivity index (χ1n) is 7.61. The molecular weight excluding hydrogens is 272 g/mol. The van der Waals surface area contributed by atoms with E-state index in [0.29, 0.717) is 12.5 Å². The monoisotopic (exact) mass is 292 g/mol. The van der Waals surface area contributed by atoms with Crippen molar-refractivity contribution in [1.29, 1.82) is 0 Å². The predicted octanol–water partition coefficient (Wildman–Crippen LogP) is 5.65. The van der Waals surface area contributed by atoms with Crippen LogP contribution >= 0.6 is 0 Å². The molecule has 0 amide bonds. The molecule has 0 fully saturated rings. The minimum absolute atomic E-state index is 0.471. The molecule has 2 nitrogen and oxygen atoms in total. The van der Waals surface area contributed by atoms with Gasteiger partial charge in [0.1, 0.15) is 5.76 Å². The summed E-state index contributed by atoms with van der Waals surface area (Å²) >= 11 is 0. The summed E-state index contributed by atoms with van der Waals surface area (Å²) in [4.78, 5) is 0. The van der Waals surface area contributed by atoms with Gasteiger partial charge < -0.3 is 9.15 Å². The van der Waals surface area contributed by atoms with Crippen molar-refractivity contribution in [3.05, 3.63) is 66.7 Å². The van der Waals surface area contributed by atoms with E-state index in [9.17, 15) is 0 Å². The molecule has 0 atom stereocenters. The number of hydrogen-bond acceptors (Lipinski definition) is 2. The first kappa shape index (κ1) is 14.5. The van der Waals surface area contributed by atoms with Gasteiger partial charge in [0.05, 0.1) is 6.61 Å². The fourth-order valence-electron chi connectivity index (χ4n) is 2.27. The van der Waals surface area contributed by atoms with Crippen LogP contribution in [0.15, 0.2) is 71.1 Å². The van der Waals surface area contributed by atoms with Gasteiger partial charge in [-0.15, -0.1) is 0 Å². The van der Waals surface area contributed by atoms with Gasteiger partial charge in [-0.3, -0.25) is 0 Å². The molecule has 1 heterocycles. The summed E-state index contributed by atoms with van der Waals surface area (Å²) in [7, 11) is 0. The van der Waals surface area contributed by atoms with Crippen molar-refractivity contribution in [3.8, 4) is 28.4 Å². The third kappa shape index (κ3) is 3.22. The second kappa shape index (κ2) is 6.52.